The Morgan fingerprint density at radius 2 is 2.16 bits per heavy atom. The van der Waals surface area contributed by atoms with Crippen molar-refractivity contribution in [3.63, 3.8) is 0 Å². The first-order valence-corrected chi connectivity index (χ1v) is 7.77. The van der Waals surface area contributed by atoms with Gasteiger partial charge < -0.3 is 14.2 Å². The van der Waals surface area contributed by atoms with Crippen LogP contribution in [0.3, 0.4) is 0 Å². The van der Waals surface area contributed by atoms with Crippen LogP contribution in [0.15, 0.2) is 30.3 Å². The molecule has 1 aliphatic rings. The van der Waals surface area contributed by atoms with Gasteiger partial charge in [-0.15, -0.1) is 0 Å². The van der Waals surface area contributed by atoms with Crippen molar-refractivity contribution in [2.45, 2.75) is 20.1 Å². The number of rotatable bonds is 4. The number of carbonyl (C=O) groups is 1. The van der Waals surface area contributed by atoms with Crippen LogP contribution in [-0.2, 0) is 22.7 Å². The number of hydrogen-bond acceptors (Lipinski definition) is 6. The lowest BCUT2D eigenvalue weighted by atomic mass is 10.1. The first-order valence-electron chi connectivity index (χ1n) is 7.39. The molecule has 8 heteroatoms. The molecule has 0 bridgehead atoms. The van der Waals surface area contributed by atoms with Crippen LogP contribution in [0.5, 0.6) is 5.75 Å². The van der Waals surface area contributed by atoms with Gasteiger partial charge in [0.25, 0.3) is 5.69 Å². The Hall–Kier alpha value is -2.64. The molecule has 1 aliphatic heterocycles. The van der Waals surface area contributed by atoms with Crippen molar-refractivity contribution < 1.29 is 23.9 Å². The number of nitro benzene ring substituents is 1. The van der Waals surface area contributed by atoms with E-state index < -0.39 is 10.9 Å². The second-order valence-corrected chi connectivity index (χ2v) is 5.93. The Labute approximate surface area is 148 Å². The zero-order valence-electron chi connectivity index (χ0n) is 13.3. The molecule has 0 radical (unpaired) electrons. The van der Waals surface area contributed by atoms with Gasteiger partial charge in [-0.25, -0.2) is 4.79 Å². The van der Waals surface area contributed by atoms with Gasteiger partial charge in [-0.1, -0.05) is 17.7 Å². The van der Waals surface area contributed by atoms with Crippen LogP contribution in [0.2, 0.25) is 5.02 Å². The number of halogens is 1. The third-order valence-corrected chi connectivity index (χ3v) is 3.97. The average molecular weight is 364 g/mol. The van der Waals surface area contributed by atoms with Crippen LogP contribution in [0.25, 0.3) is 0 Å². The minimum absolute atomic E-state index is 0.0661. The van der Waals surface area contributed by atoms with Crippen LogP contribution in [0.1, 0.15) is 27.0 Å². The first kappa shape index (κ1) is 17.2. The largest absolute Gasteiger partial charge is 0.467 e. The molecule has 130 valence electrons. The van der Waals surface area contributed by atoms with Gasteiger partial charge in [-0.05, 0) is 25.1 Å². The van der Waals surface area contributed by atoms with Gasteiger partial charge in [0.05, 0.1) is 17.1 Å². The molecule has 1 heterocycles. The van der Waals surface area contributed by atoms with Crippen LogP contribution in [-0.4, -0.2) is 17.7 Å². The van der Waals surface area contributed by atoms with E-state index in [-0.39, 0.29) is 24.7 Å². The molecule has 25 heavy (non-hydrogen) atoms. The second-order valence-electron chi connectivity index (χ2n) is 5.50. The van der Waals surface area contributed by atoms with E-state index >= 15 is 0 Å². The normalized spacial score (nSPS) is 12.9. The molecule has 0 unspecified atom stereocenters. The van der Waals surface area contributed by atoms with Crippen molar-refractivity contribution >= 4 is 23.3 Å². The monoisotopic (exact) mass is 363 g/mol. The highest BCUT2D eigenvalue weighted by molar-refractivity contribution is 6.30. The number of aryl methyl sites for hydroxylation is 1. The van der Waals surface area contributed by atoms with E-state index in [1.165, 1.54) is 18.2 Å². The molecular formula is C17H14ClNO6. The Bertz CT molecular complexity index is 851. The molecule has 0 atom stereocenters. The van der Waals surface area contributed by atoms with Crippen molar-refractivity contribution in [2.24, 2.45) is 0 Å². The van der Waals surface area contributed by atoms with E-state index in [1.807, 2.05) is 0 Å². The smallest absolute Gasteiger partial charge is 0.338 e. The molecule has 0 spiro atoms. The minimum atomic E-state index is -0.663. The minimum Gasteiger partial charge on any atom is -0.467 e. The summed E-state index contributed by atoms with van der Waals surface area (Å²) in [6, 6.07) is 7.58. The molecule has 0 amide bonds. The van der Waals surface area contributed by atoms with Crippen molar-refractivity contribution in [1.82, 2.24) is 0 Å². The van der Waals surface area contributed by atoms with E-state index in [4.69, 9.17) is 25.8 Å². The van der Waals surface area contributed by atoms with Crippen molar-refractivity contribution in [3.05, 3.63) is 67.7 Å². The van der Waals surface area contributed by atoms with E-state index in [9.17, 15) is 14.9 Å². The van der Waals surface area contributed by atoms with E-state index in [0.717, 1.165) is 5.56 Å². The molecule has 0 aromatic heterocycles. The Balaban J connectivity index is 1.78. The molecule has 3 rings (SSSR count). The van der Waals surface area contributed by atoms with E-state index in [2.05, 4.69) is 0 Å². The number of esters is 1. The molecular weight excluding hydrogens is 350 g/mol. The maximum atomic E-state index is 12.2. The summed E-state index contributed by atoms with van der Waals surface area (Å²) in [6.07, 6.45) is 0. The number of nitro groups is 1. The lowest BCUT2D eigenvalue weighted by Gasteiger charge is -2.21. The van der Waals surface area contributed by atoms with E-state index in [0.29, 0.717) is 28.5 Å². The Morgan fingerprint density at radius 3 is 2.92 bits per heavy atom. The maximum Gasteiger partial charge on any atom is 0.338 e. The maximum absolute atomic E-state index is 12.2. The molecule has 0 saturated heterocycles. The SMILES string of the molecule is Cc1ccc(C(=O)OCc2cc(Cl)cc3c2OCOC3)cc1[N+](=O)[O-]. The summed E-state index contributed by atoms with van der Waals surface area (Å²) in [5.74, 6) is -0.0813. The molecule has 2 aromatic rings. The number of nitrogens with zero attached hydrogens (tertiary/aromatic N) is 1. The van der Waals surface area contributed by atoms with E-state index in [1.54, 1.807) is 19.1 Å². The number of carbonyl (C=O) groups excluding carboxylic acids is 1. The fourth-order valence-corrected chi connectivity index (χ4v) is 2.79. The van der Waals surface area contributed by atoms with Crippen molar-refractivity contribution in [3.8, 4) is 5.75 Å². The number of benzene rings is 2. The highest BCUT2D eigenvalue weighted by atomic mass is 35.5. The van der Waals surface area contributed by atoms with Crippen molar-refractivity contribution in [1.29, 1.82) is 0 Å². The molecule has 0 saturated carbocycles. The third-order valence-electron chi connectivity index (χ3n) is 3.75. The summed E-state index contributed by atoms with van der Waals surface area (Å²) in [6.45, 7) is 2.01. The predicted molar refractivity (Wildman–Crippen MR) is 88.7 cm³/mol. The fraction of sp³-hybridized carbons (Fsp3) is 0.235. The zero-order chi connectivity index (χ0) is 18.0. The molecule has 2 aromatic carbocycles. The van der Waals surface area contributed by atoms with Gasteiger partial charge in [0, 0.05) is 27.8 Å². The number of ether oxygens (including phenoxy) is 3. The predicted octanol–water partition coefficient (Wildman–Crippen LogP) is 3.78. The van der Waals surface area contributed by atoms with Crippen LogP contribution >= 0.6 is 11.6 Å². The summed E-state index contributed by atoms with van der Waals surface area (Å²) in [4.78, 5) is 22.7. The third kappa shape index (κ3) is 3.72. The Kier molecular flexibility index (Phi) is 4.87. The van der Waals surface area contributed by atoms with Crippen LogP contribution in [0, 0.1) is 17.0 Å². The van der Waals surface area contributed by atoms with Gasteiger partial charge in [0.2, 0.25) is 0 Å². The zero-order valence-corrected chi connectivity index (χ0v) is 14.0. The summed E-state index contributed by atoms with van der Waals surface area (Å²) in [5, 5.41) is 11.5. The van der Waals surface area contributed by atoms with Gasteiger partial charge in [0.15, 0.2) is 6.79 Å². The highest BCUT2D eigenvalue weighted by Crippen LogP contribution is 2.32. The summed E-state index contributed by atoms with van der Waals surface area (Å²) in [7, 11) is 0. The topological polar surface area (TPSA) is 87.9 Å². The van der Waals surface area contributed by atoms with Gasteiger partial charge in [-0.2, -0.15) is 0 Å². The van der Waals surface area contributed by atoms with Gasteiger partial charge >= 0.3 is 5.97 Å². The average Bonchev–Trinajstić information content (AvgIpc) is 2.59. The Morgan fingerprint density at radius 1 is 1.36 bits per heavy atom. The molecule has 0 fully saturated rings. The van der Waals surface area contributed by atoms with Crippen LogP contribution in [0.4, 0.5) is 5.69 Å². The standard InChI is InChI=1S/C17H14ClNO6/c1-10-2-3-11(6-15(10)19(21)22)17(20)24-8-13-5-14(18)4-12-7-23-9-25-16(12)13/h2-6H,7-9H2,1H3. The van der Waals surface area contributed by atoms with Gasteiger partial charge in [0.1, 0.15) is 12.4 Å². The quantitative estimate of drug-likeness (QED) is 0.466. The molecule has 0 N–H and O–H groups in total. The first-order chi connectivity index (χ1) is 12.0. The van der Waals surface area contributed by atoms with Crippen LogP contribution < -0.4 is 4.74 Å². The second kappa shape index (κ2) is 7.08. The number of fused-ring (bicyclic) bond motifs is 1. The van der Waals surface area contributed by atoms with Crippen molar-refractivity contribution in [2.75, 3.05) is 6.79 Å². The van der Waals surface area contributed by atoms with Gasteiger partial charge in [-0.3, -0.25) is 10.1 Å². The summed E-state index contributed by atoms with van der Waals surface area (Å²) in [5.41, 5.74) is 1.84. The highest BCUT2D eigenvalue weighted by Gasteiger charge is 2.19. The lowest BCUT2D eigenvalue weighted by molar-refractivity contribution is -0.385. The molecule has 7 nitrogen and oxygen atoms in total. The fourth-order valence-electron chi connectivity index (χ4n) is 2.52. The lowest BCUT2D eigenvalue weighted by Crippen LogP contribution is -2.14. The number of hydrogen-bond donors (Lipinski definition) is 0. The molecule has 0 aliphatic carbocycles. The summed E-state index contributed by atoms with van der Waals surface area (Å²) >= 11 is 6.06. The summed E-state index contributed by atoms with van der Waals surface area (Å²) < 4.78 is 15.9.